The predicted molar refractivity (Wildman–Crippen MR) is 148 cm³/mol. The summed E-state index contributed by atoms with van der Waals surface area (Å²) in [5, 5.41) is 18.4. The first-order valence-corrected chi connectivity index (χ1v) is 14.0. The molecule has 0 aromatic heterocycles. The topological polar surface area (TPSA) is 50.7 Å². The number of rotatable bonds is 7. The van der Waals surface area contributed by atoms with Gasteiger partial charge >= 0.3 is 6.64 Å². The minimum atomic E-state index is -2.94. The van der Waals surface area contributed by atoms with Crippen LogP contribution in [0, 0.1) is 0 Å². The fraction of sp³-hybridized carbons (Fsp3) is 0.103. The summed E-state index contributed by atoms with van der Waals surface area (Å²) in [5.41, 5.74) is 2.59. The molecule has 5 aromatic rings. The highest BCUT2D eigenvalue weighted by atomic mass is 32.5. The predicted octanol–water partition coefficient (Wildman–Crippen LogP) is 7.97. The van der Waals surface area contributed by atoms with Crippen LogP contribution in [0.2, 0.25) is 0 Å². The maximum atomic E-state index is 11.1. The molecule has 6 heteroatoms. The Balaban J connectivity index is 1.67. The van der Waals surface area contributed by atoms with Gasteiger partial charge in [-0.25, -0.2) is 5.09 Å². The monoisotopic (exact) mass is 499 g/mol. The molecule has 35 heavy (non-hydrogen) atoms. The van der Waals surface area contributed by atoms with E-state index in [1.807, 2.05) is 104 Å². The van der Waals surface area contributed by atoms with Gasteiger partial charge in [-0.2, -0.15) is 0 Å². The lowest BCUT2D eigenvalue weighted by molar-refractivity contribution is 0.374. The van der Waals surface area contributed by atoms with Gasteiger partial charge in [0, 0.05) is 24.3 Å². The third kappa shape index (κ3) is 4.69. The summed E-state index contributed by atoms with van der Waals surface area (Å²) in [6.45, 7) is -0.905. The smallest absolute Gasteiger partial charge is 0.313 e. The summed E-state index contributed by atoms with van der Waals surface area (Å²) in [5.74, 6) is 0.745. The molecular weight excluding hydrogens is 473 g/mol. The van der Waals surface area contributed by atoms with Crippen molar-refractivity contribution < 1.29 is 14.2 Å². The fourth-order valence-electron chi connectivity index (χ4n) is 4.41. The van der Waals surface area contributed by atoms with Crippen molar-refractivity contribution >= 4 is 40.0 Å². The molecule has 0 saturated heterocycles. The zero-order valence-electron chi connectivity index (χ0n) is 19.5. The summed E-state index contributed by atoms with van der Waals surface area (Å²) < 4.78 is 12.3. The SMILES string of the molecule is COP(=S)(N[C@@H](C)c1ccccc1)Oc1ccc2ccccc2c1-c1c(O)ccc2ccccc12. The van der Waals surface area contributed by atoms with Gasteiger partial charge in [0.25, 0.3) is 0 Å². The molecule has 2 atom stereocenters. The minimum Gasteiger partial charge on any atom is -0.507 e. The maximum Gasteiger partial charge on any atom is 0.313 e. The summed E-state index contributed by atoms with van der Waals surface area (Å²) in [6, 6.07) is 33.6. The molecule has 0 heterocycles. The lowest BCUT2D eigenvalue weighted by Crippen LogP contribution is -2.19. The van der Waals surface area contributed by atoms with Gasteiger partial charge in [-0.05, 0) is 58.0 Å². The van der Waals surface area contributed by atoms with Crippen LogP contribution in [0.5, 0.6) is 11.5 Å². The van der Waals surface area contributed by atoms with E-state index < -0.39 is 6.64 Å². The van der Waals surface area contributed by atoms with E-state index >= 15 is 0 Å². The third-order valence-corrected chi connectivity index (χ3v) is 8.77. The summed E-state index contributed by atoms with van der Waals surface area (Å²) in [6.07, 6.45) is 0. The molecule has 0 aliphatic carbocycles. The first-order valence-electron chi connectivity index (χ1n) is 11.4. The van der Waals surface area contributed by atoms with Crippen LogP contribution in [0.15, 0.2) is 103 Å². The molecule has 0 spiro atoms. The minimum absolute atomic E-state index is 0.0724. The molecule has 0 radical (unpaired) electrons. The highest BCUT2D eigenvalue weighted by molar-refractivity contribution is 8.09. The molecule has 0 fully saturated rings. The highest BCUT2D eigenvalue weighted by Crippen LogP contribution is 2.52. The van der Waals surface area contributed by atoms with Crippen LogP contribution in [0.25, 0.3) is 32.7 Å². The molecule has 0 amide bonds. The molecule has 0 bridgehead atoms. The second-order valence-corrected chi connectivity index (χ2v) is 11.6. The van der Waals surface area contributed by atoms with E-state index in [1.54, 1.807) is 13.2 Å². The average Bonchev–Trinajstić information content (AvgIpc) is 2.89. The van der Waals surface area contributed by atoms with Gasteiger partial charge in [-0.15, -0.1) is 0 Å². The van der Waals surface area contributed by atoms with Gasteiger partial charge in [-0.1, -0.05) is 91.0 Å². The van der Waals surface area contributed by atoms with Crippen molar-refractivity contribution in [3.05, 3.63) is 109 Å². The molecule has 1 unspecified atom stereocenters. The zero-order valence-corrected chi connectivity index (χ0v) is 21.2. The van der Waals surface area contributed by atoms with Crippen LogP contribution < -0.4 is 9.61 Å². The first-order chi connectivity index (χ1) is 17.0. The van der Waals surface area contributed by atoms with Crippen LogP contribution in [-0.4, -0.2) is 12.2 Å². The van der Waals surface area contributed by atoms with E-state index in [2.05, 4.69) is 5.09 Å². The van der Waals surface area contributed by atoms with Gasteiger partial charge in [0.1, 0.15) is 11.5 Å². The molecular formula is C29H26NO3PS. The number of benzene rings is 5. The van der Waals surface area contributed by atoms with Crippen LogP contribution in [0.1, 0.15) is 18.5 Å². The molecule has 0 aliphatic rings. The Morgan fingerprint density at radius 1 is 0.743 bits per heavy atom. The lowest BCUT2D eigenvalue weighted by atomic mass is 9.92. The number of phenolic OH excluding ortho intramolecular Hbond substituents is 1. The molecule has 176 valence electrons. The van der Waals surface area contributed by atoms with Gasteiger partial charge in [-0.3, -0.25) is 0 Å². The Hall–Kier alpha value is -3.21. The Kier molecular flexibility index (Phi) is 6.59. The first kappa shape index (κ1) is 23.5. The van der Waals surface area contributed by atoms with Crippen molar-refractivity contribution in [1.82, 2.24) is 5.09 Å². The molecule has 0 saturated carbocycles. The third-order valence-electron chi connectivity index (χ3n) is 6.16. The normalized spacial score (nSPS) is 14.0. The van der Waals surface area contributed by atoms with E-state index in [0.29, 0.717) is 11.3 Å². The second-order valence-electron chi connectivity index (χ2n) is 8.37. The Bertz CT molecular complexity index is 1550. The van der Waals surface area contributed by atoms with Crippen LogP contribution in [0.3, 0.4) is 0 Å². The van der Waals surface area contributed by atoms with Crippen molar-refractivity contribution in [2.75, 3.05) is 7.11 Å². The largest absolute Gasteiger partial charge is 0.507 e. The van der Waals surface area contributed by atoms with E-state index in [9.17, 15) is 5.11 Å². The number of aromatic hydroxyl groups is 1. The van der Waals surface area contributed by atoms with Crippen molar-refractivity contribution in [2.24, 2.45) is 0 Å². The van der Waals surface area contributed by atoms with Gasteiger partial charge < -0.3 is 14.2 Å². The number of hydrogen-bond acceptors (Lipinski definition) is 4. The van der Waals surface area contributed by atoms with Gasteiger partial charge in [0.15, 0.2) is 0 Å². The van der Waals surface area contributed by atoms with Crippen LogP contribution >= 0.6 is 6.64 Å². The van der Waals surface area contributed by atoms with Crippen molar-refractivity contribution in [2.45, 2.75) is 13.0 Å². The highest BCUT2D eigenvalue weighted by Gasteiger charge is 2.26. The van der Waals surface area contributed by atoms with E-state index in [0.717, 1.165) is 32.7 Å². The zero-order chi connectivity index (χ0) is 24.4. The van der Waals surface area contributed by atoms with Crippen molar-refractivity contribution in [3.63, 3.8) is 0 Å². The van der Waals surface area contributed by atoms with Gasteiger partial charge in [0.2, 0.25) is 0 Å². The van der Waals surface area contributed by atoms with E-state index in [1.165, 1.54) is 0 Å². The van der Waals surface area contributed by atoms with Crippen molar-refractivity contribution in [3.8, 4) is 22.6 Å². The Labute approximate surface area is 210 Å². The Morgan fingerprint density at radius 3 is 1.97 bits per heavy atom. The lowest BCUT2D eigenvalue weighted by Gasteiger charge is -2.27. The van der Waals surface area contributed by atoms with Crippen LogP contribution in [-0.2, 0) is 16.3 Å². The Morgan fingerprint density at radius 2 is 1.31 bits per heavy atom. The van der Waals surface area contributed by atoms with E-state index in [-0.39, 0.29) is 11.8 Å². The maximum absolute atomic E-state index is 11.1. The molecule has 0 aliphatic heterocycles. The summed E-state index contributed by atoms with van der Waals surface area (Å²) >= 11 is 5.92. The molecule has 2 N–H and O–H groups in total. The standard InChI is InChI=1S/C29H26NO3PS/c1-20(21-10-4-3-5-11-21)30-34(35,32-2)33-27-19-17-23-13-7-9-15-25(23)29(27)28-24-14-8-6-12-22(24)16-18-26(28)31/h3-20,31H,1-2H3,(H,30,35)/t20-,34?/m0/s1. The van der Waals surface area contributed by atoms with Gasteiger partial charge in [0.05, 0.1) is 0 Å². The average molecular weight is 500 g/mol. The van der Waals surface area contributed by atoms with Crippen LogP contribution in [0.4, 0.5) is 0 Å². The number of nitrogens with one attached hydrogen (secondary N) is 1. The fourth-order valence-corrected chi connectivity index (χ4v) is 6.39. The number of fused-ring (bicyclic) bond motifs is 2. The quantitative estimate of drug-likeness (QED) is 0.222. The summed E-state index contributed by atoms with van der Waals surface area (Å²) in [7, 11) is 1.57. The summed E-state index contributed by atoms with van der Waals surface area (Å²) in [4.78, 5) is 0. The number of hydrogen-bond donors (Lipinski definition) is 2. The van der Waals surface area contributed by atoms with E-state index in [4.69, 9.17) is 20.9 Å². The second kappa shape index (κ2) is 9.80. The molecule has 5 aromatic carbocycles. The van der Waals surface area contributed by atoms with Crippen molar-refractivity contribution in [1.29, 1.82) is 0 Å². The number of phenols is 1. The molecule has 5 rings (SSSR count). The molecule has 4 nitrogen and oxygen atoms in total.